The van der Waals surface area contributed by atoms with E-state index in [9.17, 15) is 18.0 Å². The number of aryl methyl sites for hydroxylation is 1. The second-order valence-corrected chi connectivity index (χ2v) is 12.9. The highest BCUT2D eigenvalue weighted by atomic mass is 35.5. The molecule has 8 nitrogen and oxygen atoms in total. The van der Waals surface area contributed by atoms with Crippen molar-refractivity contribution in [2.24, 2.45) is 0 Å². The summed E-state index contributed by atoms with van der Waals surface area (Å²) >= 11 is 6.27. The molecule has 3 aromatic rings. The van der Waals surface area contributed by atoms with Crippen LogP contribution in [0, 0.1) is 6.92 Å². The van der Waals surface area contributed by atoms with Crippen LogP contribution >= 0.6 is 11.6 Å². The van der Waals surface area contributed by atoms with Crippen molar-refractivity contribution >= 4 is 39.1 Å². The number of sulfonamides is 1. The highest BCUT2D eigenvalue weighted by molar-refractivity contribution is 7.92. The number of hydrogen-bond acceptors (Lipinski definition) is 5. The lowest BCUT2D eigenvalue weighted by molar-refractivity contribution is -0.141. The van der Waals surface area contributed by atoms with Crippen molar-refractivity contribution in [2.75, 3.05) is 30.8 Å². The molecule has 0 heterocycles. The van der Waals surface area contributed by atoms with E-state index in [-0.39, 0.29) is 42.8 Å². The van der Waals surface area contributed by atoms with Crippen LogP contribution in [-0.2, 0) is 32.6 Å². The fourth-order valence-corrected chi connectivity index (χ4v) is 6.05. The normalized spacial score (nSPS) is 11.9. The number of carbonyl (C=O) groups excluding carboxylic acids is 2. The van der Waals surface area contributed by atoms with Crippen LogP contribution in [0.5, 0.6) is 5.75 Å². The van der Waals surface area contributed by atoms with Gasteiger partial charge >= 0.3 is 0 Å². The molecule has 3 aromatic carbocycles. The summed E-state index contributed by atoms with van der Waals surface area (Å²) < 4.78 is 31.9. The molecule has 0 spiro atoms. The number of halogens is 1. The van der Waals surface area contributed by atoms with Crippen molar-refractivity contribution in [3.05, 3.63) is 94.5 Å². The molecule has 232 valence electrons. The Labute approximate surface area is 261 Å². The minimum atomic E-state index is -3.67. The summed E-state index contributed by atoms with van der Waals surface area (Å²) in [5, 5.41) is 3.31. The molecule has 0 radical (unpaired) electrons. The smallest absolute Gasteiger partial charge is 0.243 e. The average molecular weight is 628 g/mol. The Balaban J connectivity index is 1.88. The second-order valence-electron chi connectivity index (χ2n) is 10.6. The molecule has 0 aromatic heterocycles. The Kier molecular flexibility index (Phi) is 12.9. The first kappa shape index (κ1) is 33.9. The van der Waals surface area contributed by atoms with Gasteiger partial charge in [-0.25, -0.2) is 8.42 Å². The summed E-state index contributed by atoms with van der Waals surface area (Å²) in [7, 11) is -2.18. The molecule has 0 saturated carbocycles. The number of benzene rings is 3. The van der Waals surface area contributed by atoms with Crippen LogP contribution in [0.4, 0.5) is 5.69 Å². The molecule has 0 aliphatic carbocycles. The summed E-state index contributed by atoms with van der Waals surface area (Å²) in [6, 6.07) is 21.5. The van der Waals surface area contributed by atoms with Crippen molar-refractivity contribution in [3.8, 4) is 5.75 Å². The highest BCUT2D eigenvalue weighted by Gasteiger charge is 2.30. The van der Waals surface area contributed by atoms with Gasteiger partial charge in [0.15, 0.2) is 0 Å². The maximum absolute atomic E-state index is 14.0. The lowest BCUT2D eigenvalue weighted by Gasteiger charge is -2.32. The zero-order chi connectivity index (χ0) is 31.4. The number of carbonyl (C=O) groups is 2. The lowest BCUT2D eigenvalue weighted by atomic mass is 10.0. The van der Waals surface area contributed by atoms with Gasteiger partial charge in [0.2, 0.25) is 21.8 Å². The Morgan fingerprint density at radius 1 is 1.00 bits per heavy atom. The molecule has 1 N–H and O–H groups in total. The summed E-state index contributed by atoms with van der Waals surface area (Å²) in [4.78, 5) is 29.2. The molecule has 0 bridgehead atoms. The van der Waals surface area contributed by atoms with E-state index in [2.05, 4.69) is 12.2 Å². The van der Waals surface area contributed by atoms with Gasteiger partial charge in [-0.1, -0.05) is 79.5 Å². The molecular formula is C33H42ClN3O5S. The minimum absolute atomic E-state index is 0.0509. The molecule has 0 fully saturated rings. The first-order valence-corrected chi connectivity index (χ1v) is 16.7. The second kappa shape index (κ2) is 16.3. The molecule has 0 aliphatic heterocycles. The maximum atomic E-state index is 14.0. The van der Waals surface area contributed by atoms with Crippen molar-refractivity contribution in [1.82, 2.24) is 10.2 Å². The molecule has 0 saturated heterocycles. The number of nitrogens with zero attached hydrogens (tertiary/aromatic N) is 2. The standard InChI is InChI=1S/C33H42ClN3O5S/c1-5-6-20-35-33(39)30(22-26-14-8-7-9-15-26)36(24-27-16-11-10-13-25(27)2)32(38)17-12-21-37(43(4,40)41)28-18-19-31(42-3)29(34)23-28/h7-11,13-16,18-19,23,30H,5-6,12,17,20-22,24H2,1-4H3,(H,35,39)/t30-/m0/s1. The average Bonchev–Trinajstić information content (AvgIpc) is 2.97. The number of amides is 2. The van der Waals surface area contributed by atoms with E-state index in [1.54, 1.807) is 17.0 Å². The monoisotopic (exact) mass is 627 g/mol. The third kappa shape index (κ3) is 10.0. The maximum Gasteiger partial charge on any atom is 0.243 e. The summed E-state index contributed by atoms with van der Waals surface area (Å²) in [6.45, 7) is 4.89. The zero-order valence-corrected chi connectivity index (χ0v) is 27.0. The number of rotatable bonds is 16. The van der Waals surface area contributed by atoms with Crippen LogP contribution in [0.3, 0.4) is 0 Å². The van der Waals surface area contributed by atoms with E-state index in [0.29, 0.717) is 24.4 Å². The first-order chi connectivity index (χ1) is 20.5. The molecule has 10 heteroatoms. The van der Waals surface area contributed by atoms with Crippen molar-refractivity contribution in [2.45, 2.75) is 58.5 Å². The van der Waals surface area contributed by atoms with E-state index in [1.807, 2.05) is 61.5 Å². The minimum Gasteiger partial charge on any atom is -0.495 e. The molecule has 0 unspecified atom stereocenters. The van der Waals surface area contributed by atoms with Crippen LogP contribution in [0.25, 0.3) is 0 Å². The predicted octanol–water partition coefficient (Wildman–Crippen LogP) is 5.76. The van der Waals surface area contributed by atoms with Gasteiger partial charge in [0, 0.05) is 32.5 Å². The Hall–Kier alpha value is -3.56. The summed E-state index contributed by atoms with van der Waals surface area (Å²) in [6.07, 6.45) is 3.55. The fourth-order valence-electron chi connectivity index (χ4n) is 4.85. The molecule has 0 aliphatic rings. The van der Waals surface area contributed by atoms with Gasteiger partial charge in [-0.3, -0.25) is 13.9 Å². The van der Waals surface area contributed by atoms with Gasteiger partial charge < -0.3 is 15.0 Å². The summed E-state index contributed by atoms with van der Waals surface area (Å²) in [5.41, 5.74) is 3.29. The number of methoxy groups -OCH3 is 1. The first-order valence-electron chi connectivity index (χ1n) is 14.5. The van der Waals surface area contributed by atoms with Gasteiger partial charge in [0.1, 0.15) is 11.8 Å². The van der Waals surface area contributed by atoms with E-state index >= 15 is 0 Å². The lowest BCUT2D eigenvalue weighted by Crippen LogP contribution is -2.50. The predicted molar refractivity (Wildman–Crippen MR) is 173 cm³/mol. The Morgan fingerprint density at radius 2 is 1.70 bits per heavy atom. The van der Waals surface area contributed by atoms with Gasteiger partial charge in [-0.2, -0.15) is 0 Å². The molecular weight excluding hydrogens is 586 g/mol. The summed E-state index contributed by atoms with van der Waals surface area (Å²) in [5.74, 6) is 0.00322. The van der Waals surface area contributed by atoms with Crippen molar-refractivity contribution < 1.29 is 22.7 Å². The van der Waals surface area contributed by atoms with E-state index in [4.69, 9.17) is 16.3 Å². The van der Waals surface area contributed by atoms with Crippen LogP contribution in [-0.4, -0.2) is 57.6 Å². The molecule has 2 amide bonds. The number of unbranched alkanes of at least 4 members (excludes halogenated alkanes) is 1. The van der Waals surface area contributed by atoms with Crippen LogP contribution in [0.1, 0.15) is 49.3 Å². The van der Waals surface area contributed by atoms with E-state index < -0.39 is 16.1 Å². The molecule has 43 heavy (non-hydrogen) atoms. The van der Waals surface area contributed by atoms with Crippen molar-refractivity contribution in [1.29, 1.82) is 0 Å². The third-order valence-corrected chi connectivity index (χ3v) is 8.77. The topological polar surface area (TPSA) is 96.0 Å². The van der Waals surface area contributed by atoms with E-state index in [1.165, 1.54) is 17.5 Å². The Morgan fingerprint density at radius 3 is 2.33 bits per heavy atom. The van der Waals surface area contributed by atoms with Crippen LogP contribution in [0.2, 0.25) is 5.02 Å². The Bertz CT molecular complexity index is 1470. The fraction of sp³-hybridized carbons (Fsp3) is 0.394. The van der Waals surface area contributed by atoms with Gasteiger partial charge in [-0.05, 0) is 54.7 Å². The number of hydrogen-bond donors (Lipinski definition) is 1. The van der Waals surface area contributed by atoms with E-state index in [0.717, 1.165) is 35.8 Å². The van der Waals surface area contributed by atoms with Crippen LogP contribution < -0.4 is 14.4 Å². The molecule has 1 atom stereocenters. The van der Waals surface area contributed by atoms with Crippen molar-refractivity contribution in [3.63, 3.8) is 0 Å². The molecule has 3 rings (SSSR count). The SMILES string of the molecule is CCCCNC(=O)[C@H](Cc1ccccc1)N(Cc1ccccc1C)C(=O)CCCN(c1ccc(OC)c(Cl)c1)S(C)(=O)=O. The van der Waals surface area contributed by atoms with Gasteiger partial charge in [0.05, 0.1) is 24.1 Å². The third-order valence-electron chi connectivity index (χ3n) is 7.28. The quantitative estimate of drug-likeness (QED) is 0.204. The van der Waals surface area contributed by atoms with Gasteiger partial charge in [0.25, 0.3) is 0 Å². The number of nitrogens with one attached hydrogen (secondary N) is 1. The van der Waals surface area contributed by atoms with Crippen LogP contribution in [0.15, 0.2) is 72.8 Å². The largest absolute Gasteiger partial charge is 0.495 e. The highest BCUT2D eigenvalue weighted by Crippen LogP contribution is 2.30. The number of ether oxygens (including phenoxy) is 1. The van der Waals surface area contributed by atoms with Gasteiger partial charge in [-0.15, -0.1) is 0 Å². The number of anilines is 1. The zero-order valence-electron chi connectivity index (χ0n) is 25.4.